The summed E-state index contributed by atoms with van der Waals surface area (Å²) in [5, 5.41) is 8.41. The van der Waals surface area contributed by atoms with Crippen molar-refractivity contribution in [1.29, 1.82) is 5.26 Å². The molecule has 1 fully saturated rings. The zero-order valence-corrected chi connectivity index (χ0v) is 13.1. The minimum absolute atomic E-state index is 0.180. The number of hydrogen-bond acceptors (Lipinski definition) is 2. The van der Waals surface area contributed by atoms with Gasteiger partial charge in [-0.1, -0.05) is 6.07 Å². The van der Waals surface area contributed by atoms with Crippen molar-refractivity contribution in [3.8, 4) is 6.07 Å². The molecule has 1 aliphatic carbocycles. The van der Waals surface area contributed by atoms with Crippen molar-refractivity contribution in [2.24, 2.45) is 0 Å². The van der Waals surface area contributed by atoms with Gasteiger partial charge in [-0.25, -0.2) is 8.78 Å². The largest absolute Gasteiger partial charge is 0.378 e. The number of methoxy groups -OCH3 is 1. The number of nitriles is 1. The third kappa shape index (κ3) is 4.35. The molecule has 0 saturated heterocycles. The maximum Gasteiger partial charge on any atom is 0.196 e. The first-order chi connectivity index (χ1) is 11.0. The van der Waals surface area contributed by atoms with Crippen molar-refractivity contribution in [2.45, 2.75) is 50.0 Å². The van der Waals surface area contributed by atoms with E-state index in [1.807, 2.05) is 0 Å². The molecule has 0 heterocycles. The Hall–Kier alpha value is -1.80. The van der Waals surface area contributed by atoms with Crippen molar-refractivity contribution in [3.05, 3.63) is 47.3 Å². The van der Waals surface area contributed by atoms with Gasteiger partial charge in [-0.2, -0.15) is 9.65 Å². The Balaban J connectivity index is 1.97. The van der Waals surface area contributed by atoms with E-state index in [2.05, 4.69) is 0 Å². The molecule has 5 heteroatoms. The Labute approximate surface area is 134 Å². The lowest BCUT2D eigenvalue weighted by Gasteiger charge is -2.39. The first-order valence-electron chi connectivity index (χ1n) is 7.75. The van der Waals surface area contributed by atoms with Crippen LogP contribution in [0.15, 0.2) is 30.1 Å². The molecule has 0 aromatic heterocycles. The third-order valence-electron chi connectivity index (χ3n) is 4.78. The van der Waals surface area contributed by atoms with E-state index >= 15 is 0 Å². The fraction of sp³-hybridized carbons (Fsp3) is 0.500. The maximum atomic E-state index is 13.4. The van der Waals surface area contributed by atoms with Gasteiger partial charge in [0.1, 0.15) is 6.07 Å². The van der Waals surface area contributed by atoms with E-state index in [0.29, 0.717) is 12.8 Å². The molecule has 2 rings (SSSR count). The van der Waals surface area contributed by atoms with Gasteiger partial charge in [0, 0.05) is 7.11 Å². The van der Waals surface area contributed by atoms with Crippen LogP contribution in [0, 0.1) is 23.0 Å². The fourth-order valence-electron chi connectivity index (χ4n) is 3.31. The number of nitrogens with zero attached hydrogens (tertiary/aromatic N) is 1. The molecule has 2 nitrogen and oxygen atoms in total. The second-order valence-electron chi connectivity index (χ2n) is 6.04. The molecule has 1 aromatic carbocycles. The second-order valence-corrected chi connectivity index (χ2v) is 6.04. The Kier molecular flexibility index (Phi) is 5.84. The Bertz CT molecular complexity index is 613. The summed E-state index contributed by atoms with van der Waals surface area (Å²) in [5.41, 5.74) is 0.477. The maximum absolute atomic E-state index is 13.4. The molecule has 0 bridgehead atoms. The number of allylic oxidation sites excluding steroid dienone is 2. The van der Waals surface area contributed by atoms with Crippen LogP contribution >= 0.6 is 0 Å². The Morgan fingerprint density at radius 3 is 2.61 bits per heavy atom. The topological polar surface area (TPSA) is 33.0 Å². The van der Waals surface area contributed by atoms with Crippen molar-refractivity contribution < 1.29 is 17.9 Å². The molecule has 1 aromatic rings. The zero-order chi connectivity index (χ0) is 16.9. The zero-order valence-electron chi connectivity index (χ0n) is 13.1. The second kappa shape index (κ2) is 7.65. The third-order valence-corrected chi connectivity index (χ3v) is 4.78. The molecular weight excluding hydrogens is 303 g/mol. The van der Waals surface area contributed by atoms with Crippen LogP contribution in [0.1, 0.15) is 50.0 Å². The molecule has 0 aliphatic heterocycles. The predicted octanol–water partition coefficient (Wildman–Crippen LogP) is 5.16. The van der Waals surface area contributed by atoms with Crippen molar-refractivity contribution in [2.75, 3.05) is 7.11 Å². The standard InChI is InChI=1S/C18H20F3NO/c1-23-18(8-2-3-15(19)12-22)9-6-13(7-10-18)14-4-5-16(20)17(21)11-14/h3-5,11,13H,2,6-10H2,1H3/t13-,18+. The normalized spacial score (nSPS) is 25.2. The average molecular weight is 323 g/mol. The summed E-state index contributed by atoms with van der Waals surface area (Å²) in [6.45, 7) is 0. The SMILES string of the molecule is CO[C@]1(CCC=C(F)C#N)CC[C@H](c2ccc(F)c(F)c2)CC1. The van der Waals surface area contributed by atoms with E-state index in [0.717, 1.165) is 37.3 Å². The highest BCUT2D eigenvalue weighted by atomic mass is 19.2. The van der Waals surface area contributed by atoms with Crippen molar-refractivity contribution in [3.63, 3.8) is 0 Å². The molecule has 0 spiro atoms. The Morgan fingerprint density at radius 2 is 2.04 bits per heavy atom. The lowest BCUT2D eigenvalue weighted by Crippen LogP contribution is -2.35. The lowest BCUT2D eigenvalue weighted by atomic mass is 9.74. The van der Waals surface area contributed by atoms with E-state index in [4.69, 9.17) is 10.00 Å². The monoisotopic (exact) mass is 323 g/mol. The van der Waals surface area contributed by atoms with E-state index < -0.39 is 17.5 Å². The summed E-state index contributed by atoms with van der Waals surface area (Å²) < 4.78 is 44.9. The van der Waals surface area contributed by atoms with E-state index in [-0.39, 0.29) is 11.5 Å². The van der Waals surface area contributed by atoms with Gasteiger partial charge >= 0.3 is 0 Å². The average Bonchev–Trinajstić information content (AvgIpc) is 2.58. The summed E-state index contributed by atoms with van der Waals surface area (Å²) in [4.78, 5) is 0. The highest BCUT2D eigenvalue weighted by Gasteiger charge is 2.35. The van der Waals surface area contributed by atoms with Crippen LogP contribution < -0.4 is 0 Å². The molecule has 1 aliphatic rings. The smallest absolute Gasteiger partial charge is 0.196 e. The van der Waals surface area contributed by atoms with Gasteiger partial charge in [-0.3, -0.25) is 0 Å². The van der Waals surface area contributed by atoms with Gasteiger partial charge in [-0.15, -0.1) is 0 Å². The minimum atomic E-state index is -0.831. The summed E-state index contributed by atoms with van der Waals surface area (Å²) in [6.07, 6.45) is 5.53. The molecule has 0 amide bonds. The molecule has 0 unspecified atom stereocenters. The van der Waals surface area contributed by atoms with Gasteiger partial charge in [0.25, 0.3) is 0 Å². The van der Waals surface area contributed by atoms with Crippen molar-refractivity contribution >= 4 is 0 Å². The lowest BCUT2D eigenvalue weighted by molar-refractivity contribution is -0.0483. The van der Waals surface area contributed by atoms with Crippen LogP contribution in [0.2, 0.25) is 0 Å². The minimum Gasteiger partial charge on any atom is -0.378 e. The van der Waals surface area contributed by atoms with Crippen LogP contribution in [0.3, 0.4) is 0 Å². The highest BCUT2D eigenvalue weighted by molar-refractivity contribution is 5.22. The van der Waals surface area contributed by atoms with Crippen LogP contribution in [0.4, 0.5) is 13.2 Å². The number of halogens is 3. The van der Waals surface area contributed by atoms with Crippen molar-refractivity contribution in [1.82, 2.24) is 0 Å². The van der Waals surface area contributed by atoms with E-state index in [9.17, 15) is 13.2 Å². The van der Waals surface area contributed by atoms with Gasteiger partial charge in [0.05, 0.1) is 5.60 Å². The number of rotatable bonds is 5. The quantitative estimate of drug-likeness (QED) is 0.701. The van der Waals surface area contributed by atoms with Gasteiger partial charge in [-0.05, 0) is 68.2 Å². The summed E-state index contributed by atoms with van der Waals surface area (Å²) in [6, 6.07) is 5.53. The van der Waals surface area contributed by atoms with Crippen LogP contribution in [0.5, 0.6) is 0 Å². The van der Waals surface area contributed by atoms with Gasteiger partial charge < -0.3 is 4.74 Å². The van der Waals surface area contributed by atoms with E-state index in [1.54, 1.807) is 13.2 Å². The molecule has 0 atom stereocenters. The first kappa shape index (κ1) is 17.6. The number of ether oxygens (including phenoxy) is 1. The van der Waals surface area contributed by atoms with Crippen LogP contribution in [0.25, 0.3) is 0 Å². The fourth-order valence-corrected chi connectivity index (χ4v) is 3.31. The highest BCUT2D eigenvalue weighted by Crippen LogP contribution is 2.42. The number of hydrogen-bond donors (Lipinski definition) is 0. The van der Waals surface area contributed by atoms with Crippen LogP contribution in [-0.4, -0.2) is 12.7 Å². The van der Waals surface area contributed by atoms with Crippen LogP contribution in [-0.2, 0) is 4.74 Å². The summed E-state index contributed by atoms with van der Waals surface area (Å²) in [5.74, 6) is -2.24. The molecule has 0 radical (unpaired) electrons. The molecular formula is C18H20F3NO. The van der Waals surface area contributed by atoms with E-state index in [1.165, 1.54) is 18.2 Å². The predicted molar refractivity (Wildman–Crippen MR) is 81.3 cm³/mol. The molecule has 124 valence electrons. The van der Waals surface area contributed by atoms with Gasteiger partial charge in [0.2, 0.25) is 0 Å². The molecule has 1 saturated carbocycles. The van der Waals surface area contributed by atoms with Gasteiger partial charge in [0.15, 0.2) is 17.5 Å². The summed E-state index contributed by atoms with van der Waals surface area (Å²) >= 11 is 0. The first-order valence-corrected chi connectivity index (χ1v) is 7.75. The molecule has 23 heavy (non-hydrogen) atoms. The molecule has 0 N–H and O–H groups in total. The number of benzene rings is 1. The Morgan fingerprint density at radius 1 is 1.35 bits per heavy atom. The summed E-state index contributed by atoms with van der Waals surface area (Å²) in [7, 11) is 1.64.